The normalized spacial score (nSPS) is 15.1. The summed E-state index contributed by atoms with van der Waals surface area (Å²) in [6, 6.07) is 10.3. The highest BCUT2D eigenvalue weighted by atomic mass is 19.1. The van der Waals surface area contributed by atoms with Crippen LogP contribution in [0.3, 0.4) is 0 Å². The van der Waals surface area contributed by atoms with Crippen LogP contribution >= 0.6 is 0 Å². The number of hydrogen-bond donors (Lipinski definition) is 1. The average Bonchev–Trinajstić information content (AvgIpc) is 2.71. The maximum absolute atomic E-state index is 13.8. The van der Waals surface area contributed by atoms with Crippen LogP contribution in [0, 0.1) is 11.6 Å². The molecule has 4 rings (SSSR count). The van der Waals surface area contributed by atoms with Crippen molar-refractivity contribution in [1.82, 2.24) is 20.0 Å². The SMILES string of the molecule is O=C(c1n[nH]c2ccccc2c1=O)N1CCN(Cc2cc(F)ccc2F)CC1. The Bertz CT molecular complexity index is 1090. The van der Waals surface area contributed by atoms with Crippen LogP contribution in [0.4, 0.5) is 8.78 Å². The first kappa shape index (κ1) is 18.2. The van der Waals surface area contributed by atoms with E-state index in [1.54, 1.807) is 29.2 Å². The number of rotatable bonds is 3. The van der Waals surface area contributed by atoms with Crippen LogP contribution < -0.4 is 5.43 Å². The highest BCUT2D eigenvalue weighted by Gasteiger charge is 2.26. The fraction of sp³-hybridized carbons (Fsp3) is 0.250. The van der Waals surface area contributed by atoms with E-state index in [1.807, 2.05) is 4.90 Å². The molecule has 0 atom stereocenters. The molecule has 1 amide bonds. The van der Waals surface area contributed by atoms with Gasteiger partial charge in [0.1, 0.15) is 11.6 Å². The summed E-state index contributed by atoms with van der Waals surface area (Å²) in [5, 5.41) is 7.12. The van der Waals surface area contributed by atoms with Gasteiger partial charge in [-0.3, -0.25) is 19.6 Å². The van der Waals surface area contributed by atoms with Crippen LogP contribution in [0.2, 0.25) is 0 Å². The molecule has 1 N–H and O–H groups in total. The summed E-state index contributed by atoms with van der Waals surface area (Å²) in [5.74, 6) is -1.36. The molecule has 0 radical (unpaired) electrons. The number of halogens is 2. The van der Waals surface area contributed by atoms with Crippen LogP contribution in [0.15, 0.2) is 47.3 Å². The van der Waals surface area contributed by atoms with E-state index >= 15 is 0 Å². The molecule has 0 saturated carbocycles. The predicted molar refractivity (Wildman–Crippen MR) is 99.9 cm³/mol. The number of carbonyl (C=O) groups is 1. The number of fused-ring (bicyclic) bond motifs is 1. The molecule has 1 fully saturated rings. The second-order valence-electron chi connectivity index (χ2n) is 6.75. The maximum Gasteiger partial charge on any atom is 0.278 e. The maximum atomic E-state index is 13.8. The number of para-hydroxylation sites is 1. The van der Waals surface area contributed by atoms with E-state index in [0.29, 0.717) is 37.1 Å². The van der Waals surface area contributed by atoms with Gasteiger partial charge in [0.2, 0.25) is 5.43 Å². The number of piperazine rings is 1. The summed E-state index contributed by atoms with van der Waals surface area (Å²) in [7, 11) is 0. The molecular weight excluding hydrogens is 366 g/mol. The second-order valence-corrected chi connectivity index (χ2v) is 6.75. The monoisotopic (exact) mass is 384 g/mol. The Balaban J connectivity index is 1.45. The van der Waals surface area contributed by atoms with Crippen LogP contribution in [0.1, 0.15) is 16.1 Å². The van der Waals surface area contributed by atoms with Gasteiger partial charge in [0.25, 0.3) is 5.91 Å². The lowest BCUT2D eigenvalue weighted by atomic mass is 10.1. The molecule has 0 aliphatic carbocycles. The molecule has 3 aromatic rings. The molecule has 144 valence electrons. The van der Waals surface area contributed by atoms with Gasteiger partial charge in [0, 0.05) is 43.7 Å². The van der Waals surface area contributed by atoms with E-state index in [9.17, 15) is 18.4 Å². The van der Waals surface area contributed by atoms with Crippen molar-refractivity contribution in [2.45, 2.75) is 6.54 Å². The van der Waals surface area contributed by atoms with Crippen molar-refractivity contribution in [3.05, 3.63) is 75.6 Å². The minimum atomic E-state index is -0.480. The molecule has 0 unspecified atom stereocenters. The lowest BCUT2D eigenvalue weighted by Gasteiger charge is -2.34. The van der Waals surface area contributed by atoms with Gasteiger partial charge in [-0.05, 0) is 30.3 Å². The number of H-pyrrole nitrogens is 1. The minimum Gasteiger partial charge on any atom is -0.335 e. The molecule has 1 aromatic heterocycles. The number of amides is 1. The fourth-order valence-electron chi connectivity index (χ4n) is 3.38. The number of nitrogens with one attached hydrogen (secondary N) is 1. The van der Waals surface area contributed by atoms with Crippen molar-refractivity contribution in [2.75, 3.05) is 26.2 Å². The van der Waals surface area contributed by atoms with E-state index in [4.69, 9.17) is 0 Å². The van der Waals surface area contributed by atoms with Crippen molar-refractivity contribution in [3.63, 3.8) is 0 Å². The summed E-state index contributed by atoms with van der Waals surface area (Å²) >= 11 is 0. The molecular formula is C20H18F2N4O2. The van der Waals surface area contributed by atoms with Gasteiger partial charge < -0.3 is 4.90 Å². The first-order chi connectivity index (χ1) is 13.5. The molecule has 8 heteroatoms. The summed E-state index contributed by atoms with van der Waals surface area (Å²) in [4.78, 5) is 28.8. The van der Waals surface area contributed by atoms with Crippen molar-refractivity contribution in [1.29, 1.82) is 0 Å². The van der Waals surface area contributed by atoms with Crippen LogP contribution in [0.25, 0.3) is 10.9 Å². The smallest absolute Gasteiger partial charge is 0.278 e. The Morgan fingerprint density at radius 1 is 1.07 bits per heavy atom. The van der Waals surface area contributed by atoms with Gasteiger partial charge >= 0.3 is 0 Å². The van der Waals surface area contributed by atoms with Crippen LogP contribution in [-0.2, 0) is 6.54 Å². The third-order valence-electron chi connectivity index (χ3n) is 4.94. The third-order valence-corrected chi connectivity index (χ3v) is 4.94. The highest BCUT2D eigenvalue weighted by Crippen LogP contribution is 2.15. The van der Waals surface area contributed by atoms with Crippen molar-refractivity contribution >= 4 is 16.8 Å². The zero-order valence-corrected chi connectivity index (χ0v) is 15.0. The van der Waals surface area contributed by atoms with Crippen LogP contribution in [0.5, 0.6) is 0 Å². The largest absolute Gasteiger partial charge is 0.335 e. The van der Waals surface area contributed by atoms with Crippen molar-refractivity contribution in [2.24, 2.45) is 0 Å². The molecule has 0 bridgehead atoms. The Labute approximate surface area is 159 Å². The average molecular weight is 384 g/mol. The lowest BCUT2D eigenvalue weighted by molar-refractivity contribution is 0.0619. The first-order valence-corrected chi connectivity index (χ1v) is 8.96. The Morgan fingerprint density at radius 3 is 2.61 bits per heavy atom. The van der Waals surface area contributed by atoms with Gasteiger partial charge in [-0.15, -0.1) is 0 Å². The lowest BCUT2D eigenvalue weighted by Crippen LogP contribution is -2.49. The van der Waals surface area contributed by atoms with Gasteiger partial charge in [0.05, 0.1) is 5.52 Å². The van der Waals surface area contributed by atoms with E-state index in [1.165, 1.54) is 6.07 Å². The molecule has 2 aromatic carbocycles. The summed E-state index contributed by atoms with van der Waals surface area (Å²) in [6.07, 6.45) is 0. The van der Waals surface area contributed by atoms with Crippen LogP contribution in [-0.4, -0.2) is 52.1 Å². The molecule has 28 heavy (non-hydrogen) atoms. The first-order valence-electron chi connectivity index (χ1n) is 8.96. The Kier molecular flexibility index (Phi) is 4.87. The molecule has 1 aliphatic heterocycles. The van der Waals surface area contributed by atoms with E-state index in [0.717, 1.165) is 12.1 Å². The number of nitrogens with zero attached hydrogens (tertiary/aromatic N) is 3. The topological polar surface area (TPSA) is 69.3 Å². The van der Waals surface area contributed by atoms with Gasteiger partial charge in [-0.1, -0.05) is 12.1 Å². The van der Waals surface area contributed by atoms with Gasteiger partial charge in [-0.25, -0.2) is 8.78 Å². The standard InChI is InChI=1S/C20H18F2N4O2/c21-14-5-6-16(22)13(11-14)12-25-7-9-26(10-8-25)20(28)18-19(27)15-3-1-2-4-17(15)23-24-18/h1-6,11H,7-10,12H2,(H,23,27). The molecule has 0 spiro atoms. The number of aromatic nitrogens is 2. The van der Waals surface area contributed by atoms with E-state index in [2.05, 4.69) is 10.2 Å². The number of aromatic amines is 1. The van der Waals surface area contributed by atoms with E-state index < -0.39 is 23.0 Å². The number of benzene rings is 2. The molecule has 2 heterocycles. The zero-order chi connectivity index (χ0) is 19.7. The molecule has 1 saturated heterocycles. The van der Waals surface area contributed by atoms with Gasteiger partial charge in [0.15, 0.2) is 5.69 Å². The number of hydrogen-bond acceptors (Lipinski definition) is 4. The Hall–Kier alpha value is -3.13. The number of carbonyl (C=O) groups excluding carboxylic acids is 1. The summed E-state index contributed by atoms with van der Waals surface area (Å²) < 4.78 is 27.1. The van der Waals surface area contributed by atoms with Crippen molar-refractivity contribution < 1.29 is 13.6 Å². The predicted octanol–water partition coefficient (Wildman–Crippen LogP) is 2.16. The second kappa shape index (κ2) is 7.47. The quantitative estimate of drug-likeness (QED) is 0.751. The zero-order valence-electron chi connectivity index (χ0n) is 15.0. The van der Waals surface area contributed by atoms with E-state index in [-0.39, 0.29) is 17.8 Å². The Morgan fingerprint density at radius 2 is 1.82 bits per heavy atom. The third kappa shape index (κ3) is 3.50. The molecule has 6 nitrogen and oxygen atoms in total. The fourth-order valence-corrected chi connectivity index (χ4v) is 3.38. The summed E-state index contributed by atoms with van der Waals surface area (Å²) in [6.45, 7) is 2.01. The highest BCUT2D eigenvalue weighted by molar-refractivity contribution is 5.95. The summed E-state index contributed by atoms with van der Waals surface area (Å²) in [5.41, 5.74) is 0.324. The molecule has 1 aliphatic rings. The minimum absolute atomic E-state index is 0.136. The van der Waals surface area contributed by atoms with Crippen molar-refractivity contribution in [3.8, 4) is 0 Å². The van der Waals surface area contributed by atoms with Gasteiger partial charge in [-0.2, -0.15) is 5.10 Å².